The van der Waals surface area contributed by atoms with Gasteiger partial charge in [0.2, 0.25) is 5.91 Å². The molecule has 0 spiro atoms. The van der Waals surface area contributed by atoms with Crippen molar-refractivity contribution in [1.29, 1.82) is 0 Å². The fourth-order valence-electron chi connectivity index (χ4n) is 4.65. The Kier molecular flexibility index (Phi) is 8.38. The highest BCUT2D eigenvalue weighted by Crippen LogP contribution is 2.33. The monoisotopic (exact) mass is 521 g/mol. The van der Waals surface area contributed by atoms with E-state index in [1.165, 1.54) is 37.8 Å². The number of hydrogen-bond acceptors (Lipinski definition) is 5. The normalized spacial score (nSPS) is 15.8. The molecule has 1 amide bonds. The van der Waals surface area contributed by atoms with E-state index in [9.17, 15) is 13.2 Å². The van der Waals surface area contributed by atoms with Crippen LogP contribution in [-0.4, -0.2) is 41.1 Å². The van der Waals surface area contributed by atoms with Gasteiger partial charge in [-0.3, -0.25) is 9.10 Å². The summed E-state index contributed by atoms with van der Waals surface area (Å²) in [5.74, 6) is 0.660. The van der Waals surface area contributed by atoms with Crippen molar-refractivity contribution in [3.63, 3.8) is 0 Å². The molecule has 1 N–H and O–H groups in total. The molecule has 1 saturated heterocycles. The Labute approximate surface area is 220 Å². The van der Waals surface area contributed by atoms with Crippen molar-refractivity contribution in [3.05, 3.63) is 83.9 Å². The van der Waals surface area contributed by atoms with E-state index in [2.05, 4.69) is 29.3 Å². The maximum Gasteiger partial charge on any atom is 0.264 e. The fraction of sp³-hybridized carbons (Fsp3) is 0.345. The quantitative estimate of drug-likeness (QED) is 0.440. The highest BCUT2D eigenvalue weighted by molar-refractivity contribution is 7.92. The molecule has 196 valence electrons. The molecule has 0 radical (unpaired) electrons. The molecule has 0 aliphatic carbocycles. The second-order valence-electron chi connectivity index (χ2n) is 9.64. The fourth-order valence-corrected chi connectivity index (χ4v) is 6.09. The van der Waals surface area contributed by atoms with E-state index < -0.39 is 15.9 Å². The van der Waals surface area contributed by atoms with Gasteiger partial charge in [-0.2, -0.15) is 0 Å². The maximum atomic E-state index is 13.6. The predicted octanol–water partition coefficient (Wildman–Crippen LogP) is 4.75. The number of piperidine rings is 1. The van der Waals surface area contributed by atoms with Crippen molar-refractivity contribution in [1.82, 2.24) is 5.32 Å². The van der Waals surface area contributed by atoms with E-state index in [1.54, 1.807) is 30.3 Å². The van der Waals surface area contributed by atoms with Crippen LogP contribution in [0, 0.1) is 12.8 Å². The molecule has 1 atom stereocenters. The van der Waals surface area contributed by atoms with E-state index in [0.717, 1.165) is 28.5 Å². The van der Waals surface area contributed by atoms with Gasteiger partial charge in [0.05, 0.1) is 17.7 Å². The van der Waals surface area contributed by atoms with Crippen molar-refractivity contribution in [3.8, 4) is 5.75 Å². The molecule has 1 fully saturated rings. The smallest absolute Gasteiger partial charge is 0.264 e. The zero-order chi connectivity index (χ0) is 26.4. The number of anilines is 2. The number of carbonyl (C=O) groups excluding carboxylic acids is 1. The molecule has 37 heavy (non-hydrogen) atoms. The van der Waals surface area contributed by atoms with Gasteiger partial charge in [-0.1, -0.05) is 43.3 Å². The van der Waals surface area contributed by atoms with E-state index in [4.69, 9.17) is 4.74 Å². The minimum atomic E-state index is -4.02. The summed E-state index contributed by atoms with van der Waals surface area (Å²) in [6.45, 7) is 6.20. The topological polar surface area (TPSA) is 79.0 Å². The largest absolute Gasteiger partial charge is 0.495 e. The first-order valence-corrected chi connectivity index (χ1v) is 14.0. The van der Waals surface area contributed by atoms with E-state index >= 15 is 0 Å². The Morgan fingerprint density at radius 3 is 2.49 bits per heavy atom. The SMILES string of the molecule is COc1ccc(C)cc1N(CC(=O)NCc1ccc(N2CCCC(C)C2)cc1)S(=O)(=O)c1ccccc1. The third kappa shape index (κ3) is 6.43. The Bertz CT molecular complexity index is 1310. The molecule has 0 bridgehead atoms. The zero-order valence-corrected chi connectivity index (χ0v) is 22.5. The van der Waals surface area contributed by atoms with E-state index in [1.807, 2.05) is 25.1 Å². The number of nitrogens with zero attached hydrogens (tertiary/aromatic N) is 2. The first kappa shape index (κ1) is 26.5. The van der Waals surface area contributed by atoms with Crippen LogP contribution in [0.4, 0.5) is 11.4 Å². The summed E-state index contributed by atoms with van der Waals surface area (Å²) in [7, 11) is -2.54. The van der Waals surface area contributed by atoms with Crippen LogP contribution in [-0.2, 0) is 21.4 Å². The molecule has 1 heterocycles. The number of sulfonamides is 1. The van der Waals surface area contributed by atoms with Crippen LogP contribution in [0.25, 0.3) is 0 Å². The number of hydrogen-bond donors (Lipinski definition) is 1. The van der Waals surface area contributed by atoms with Crippen LogP contribution >= 0.6 is 0 Å². The number of amides is 1. The average molecular weight is 522 g/mol. The molecule has 7 nitrogen and oxygen atoms in total. The summed E-state index contributed by atoms with van der Waals surface area (Å²) < 4.78 is 33.8. The Hall–Kier alpha value is -3.52. The van der Waals surface area contributed by atoms with Gasteiger partial charge in [0.25, 0.3) is 10.0 Å². The number of aryl methyl sites for hydroxylation is 1. The molecule has 0 saturated carbocycles. The third-order valence-corrected chi connectivity index (χ3v) is 8.44. The molecule has 0 aromatic heterocycles. The Balaban J connectivity index is 1.50. The van der Waals surface area contributed by atoms with E-state index in [0.29, 0.717) is 23.9 Å². The summed E-state index contributed by atoms with van der Waals surface area (Å²) in [6, 6.07) is 21.6. The lowest BCUT2D eigenvalue weighted by Gasteiger charge is -2.32. The lowest BCUT2D eigenvalue weighted by molar-refractivity contribution is -0.119. The summed E-state index contributed by atoms with van der Waals surface area (Å²) in [5.41, 5.74) is 3.32. The highest BCUT2D eigenvalue weighted by Gasteiger charge is 2.29. The van der Waals surface area contributed by atoms with Gasteiger partial charge < -0.3 is 15.0 Å². The lowest BCUT2D eigenvalue weighted by atomic mass is 9.99. The summed E-state index contributed by atoms with van der Waals surface area (Å²) in [5, 5.41) is 2.88. The third-order valence-electron chi connectivity index (χ3n) is 6.67. The Morgan fingerprint density at radius 2 is 1.81 bits per heavy atom. The summed E-state index contributed by atoms with van der Waals surface area (Å²) in [6.07, 6.45) is 2.47. The Morgan fingerprint density at radius 1 is 1.08 bits per heavy atom. The molecule has 1 aliphatic rings. The van der Waals surface area contributed by atoms with Gasteiger partial charge in [0.15, 0.2) is 0 Å². The van der Waals surface area contributed by atoms with Gasteiger partial charge >= 0.3 is 0 Å². The first-order valence-electron chi connectivity index (χ1n) is 12.6. The summed E-state index contributed by atoms with van der Waals surface area (Å²) in [4.78, 5) is 15.6. The summed E-state index contributed by atoms with van der Waals surface area (Å²) >= 11 is 0. The van der Waals surface area contributed by atoms with Gasteiger partial charge in [0.1, 0.15) is 12.3 Å². The van der Waals surface area contributed by atoms with Crippen LogP contribution in [0.2, 0.25) is 0 Å². The number of methoxy groups -OCH3 is 1. The molecule has 3 aromatic carbocycles. The van der Waals surface area contributed by atoms with E-state index in [-0.39, 0.29) is 11.4 Å². The van der Waals surface area contributed by atoms with Crippen molar-refractivity contribution in [2.75, 3.05) is 35.9 Å². The lowest BCUT2D eigenvalue weighted by Crippen LogP contribution is -2.41. The first-order chi connectivity index (χ1) is 17.8. The highest BCUT2D eigenvalue weighted by atomic mass is 32.2. The predicted molar refractivity (Wildman–Crippen MR) is 148 cm³/mol. The van der Waals surface area contributed by atoms with Crippen molar-refractivity contribution in [2.45, 2.75) is 38.1 Å². The molecule has 3 aromatic rings. The van der Waals surface area contributed by atoms with Gasteiger partial charge in [-0.25, -0.2) is 8.42 Å². The van der Waals surface area contributed by atoms with Crippen molar-refractivity contribution >= 4 is 27.3 Å². The standard InChI is InChI=1S/C29H35N3O4S/c1-22-11-16-28(36-3)27(18-22)32(37(34,35)26-9-5-4-6-10-26)21-29(33)30-19-24-12-14-25(15-13-24)31-17-7-8-23(2)20-31/h4-6,9-16,18,23H,7-8,17,19-21H2,1-3H3,(H,30,33). The van der Waals surface area contributed by atoms with Crippen LogP contribution in [0.3, 0.4) is 0 Å². The average Bonchev–Trinajstić information content (AvgIpc) is 2.91. The van der Waals surface area contributed by atoms with Gasteiger partial charge in [0, 0.05) is 25.3 Å². The zero-order valence-electron chi connectivity index (χ0n) is 21.7. The molecular formula is C29H35N3O4S. The van der Waals surface area contributed by atoms with Crippen molar-refractivity contribution in [2.24, 2.45) is 5.92 Å². The number of benzene rings is 3. The molecule has 1 aliphatic heterocycles. The number of nitrogens with one attached hydrogen (secondary N) is 1. The molecule has 8 heteroatoms. The van der Waals surface area contributed by atoms with Crippen LogP contribution in [0.15, 0.2) is 77.7 Å². The molecular weight excluding hydrogens is 486 g/mol. The van der Waals surface area contributed by atoms with Crippen LogP contribution in [0.1, 0.15) is 30.9 Å². The van der Waals surface area contributed by atoms with Gasteiger partial charge in [-0.15, -0.1) is 0 Å². The molecule has 4 rings (SSSR count). The van der Waals surface area contributed by atoms with Gasteiger partial charge in [-0.05, 0) is 73.2 Å². The number of rotatable bonds is 9. The molecule has 1 unspecified atom stereocenters. The minimum Gasteiger partial charge on any atom is -0.495 e. The van der Waals surface area contributed by atoms with Crippen LogP contribution < -0.4 is 19.3 Å². The maximum absolute atomic E-state index is 13.6. The van der Waals surface area contributed by atoms with Crippen LogP contribution in [0.5, 0.6) is 5.75 Å². The second kappa shape index (κ2) is 11.7. The second-order valence-corrected chi connectivity index (χ2v) is 11.5. The number of carbonyl (C=O) groups is 1. The van der Waals surface area contributed by atoms with Crippen molar-refractivity contribution < 1.29 is 17.9 Å². The minimum absolute atomic E-state index is 0.106. The number of ether oxygens (including phenoxy) is 1.